The molecule has 0 saturated carbocycles. The van der Waals surface area contributed by atoms with Crippen molar-refractivity contribution in [2.45, 2.75) is 56.8 Å². The van der Waals surface area contributed by atoms with Gasteiger partial charge in [-0.15, -0.1) is 0 Å². The summed E-state index contributed by atoms with van der Waals surface area (Å²) in [7, 11) is 1.48. The summed E-state index contributed by atoms with van der Waals surface area (Å²) in [6.07, 6.45) is 3.49. The molecule has 0 spiro atoms. The predicted molar refractivity (Wildman–Crippen MR) is 115 cm³/mol. The number of alkyl halides is 2. The van der Waals surface area contributed by atoms with E-state index in [4.69, 9.17) is 9.84 Å². The lowest BCUT2D eigenvalue weighted by molar-refractivity contribution is -0.137. The van der Waals surface area contributed by atoms with Crippen molar-refractivity contribution in [1.82, 2.24) is 4.90 Å². The van der Waals surface area contributed by atoms with E-state index in [1.54, 1.807) is 11.0 Å². The number of hydrogen-bond donors (Lipinski definition) is 2. The maximum Gasteiger partial charge on any atom is 0.303 e. The van der Waals surface area contributed by atoms with Crippen LogP contribution in [0.4, 0.5) is 13.6 Å². The zero-order valence-corrected chi connectivity index (χ0v) is 18.3. The fourth-order valence-corrected chi connectivity index (χ4v) is 4.35. The number of carboxylic acid groups (broad SMARTS) is 1. The molecule has 6 nitrogen and oxygen atoms in total. The molecular formula is C22H29F2NO5S. The third-order valence-corrected chi connectivity index (χ3v) is 6.05. The normalized spacial score (nSPS) is 18.1. The van der Waals surface area contributed by atoms with Crippen LogP contribution in [0.2, 0.25) is 0 Å². The third-order valence-electron chi connectivity index (χ3n) is 5.06. The maximum absolute atomic E-state index is 14.7. The van der Waals surface area contributed by atoms with Crippen LogP contribution in [-0.4, -0.2) is 57.9 Å². The molecular weight excluding hydrogens is 428 g/mol. The molecule has 2 N–H and O–H groups in total. The second-order valence-electron chi connectivity index (χ2n) is 7.48. The molecule has 2 rings (SSSR count). The first-order valence-electron chi connectivity index (χ1n) is 10.2. The fraction of sp³-hybridized carbons (Fsp3) is 0.545. The van der Waals surface area contributed by atoms with Crippen LogP contribution in [0.15, 0.2) is 36.4 Å². The van der Waals surface area contributed by atoms with E-state index in [2.05, 4.69) is 0 Å². The second-order valence-corrected chi connectivity index (χ2v) is 8.45. The number of carbonyl (C=O) groups excluding carboxylic acids is 1. The van der Waals surface area contributed by atoms with Gasteiger partial charge in [-0.1, -0.05) is 55.0 Å². The van der Waals surface area contributed by atoms with Gasteiger partial charge in [-0.3, -0.25) is 9.59 Å². The Hall–Kier alpha value is -1.97. The third kappa shape index (κ3) is 7.59. The monoisotopic (exact) mass is 457 g/mol. The van der Waals surface area contributed by atoms with Crippen LogP contribution in [0, 0.1) is 0 Å². The molecule has 1 heterocycles. The minimum Gasteiger partial charge on any atom is -0.481 e. The van der Waals surface area contributed by atoms with Crippen molar-refractivity contribution in [2.75, 3.05) is 19.4 Å². The van der Waals surface area contributed by atoms with Crippen LogP contribution in [0.25, 0.3) is 0 Å². The number of aliphatic hydroxyl groups excluding tert-OH is 1. The molecule has 2 unspecified atom stereocenters. The lowest BCUT2D eigenvalue weighted by atomic mass is 10.00. The number of unbranched alkanes of at least 4 members (excludes halogenated alkanes) is 3. The highest BCUT2D eigenvalue weighted by Crippen LogP contribution is 2.34. The summed E-state index contributed by atoms with van der Waals surface area (Å²) in [6, 6.07) is 5.39. The number of hydrogen-bond acceptors (Lipinski definition) is 5. The quantitative estimate of drug-likeness (QED) is 0.337. The van der Waals surface area contributed by atoms with Crippen molar-refractivity contribution in [3.05, 3.63) is 47.5 Å². The summed E-state index contributed by atoms with van der Waals surface area (Å²) in [5, 5.41) is 18.7. The molecule has 0 bridgehead atoms. The largest absolute Gasteiger partial charge is 0.481 e. The molecule has 1 amide bonds. The number of carbonyl (C=O) groups is 2. The number of methoxy groups -OCH3 is 1. The van der Waals surface area contributed by atoms with Gasteiger partial charge in [0.2, 0.25) is 0 Å². The Morgan fingerprint density at radius 1 is 1.35 bits per heavy atom. The molecule has 2 atom stereocenters. The van der Waals surface area contributed by atoms with E-state index >= 15 is 0 Å². The summed E-state index contributed by atoms with van der Waals surface area (Å²) < 4.78 is 34.4. The average Bonchev–Trinajstić information content (AvgIpc) is 3.08. The van der Waals surface area contributed by atoms with Gasteiger partial charge in [0.15, 0.2) is 0 Å². The summed E-state index contributed by atoms with van der Waals surface area (Å²) in [5.74, 6) is -3.86. The van der Waals surface area contributed by atoms with Gasteiger partial charge in [-0.2, -0.15) is 8.78 Å². The molecule has 0 aromatic heterocycles. The Morgan fingerprint density at radius 2 is 2.10 bits per heavy atom. The number of ether oxygens (including phenoxy) is 1. The number of nitrogens with zero attached hydrogens (tertiary/aromatic N) is 1. The van der Waals surface area contributed by atoms with Crippen LogP contribution < -0.4 is 0 Å². The summed E-state index contributed by atoms with van der Waals surface area (Å²) in [4.78, 5) is 24.2. The SMILES string of the molecule is COCc1cccc(C(F)(F)C(O)/C=C/C2CSC(=O)N2CCCCCCC(=O)O)c1. The van der Waals surface area contributed by atoms with E-state index in [0.29, 0.717) is 30.7 Å². The maximum atomic E-state index is 14.7. The summed E-state index contributed by atoms with van der Waals surface area (Å²) >= 11 is 1.12. The van der Waals surface area contributed by atoms with Gasteiger partial charge < -0.3 is 19.8 Å². The van der Waals surface area contributed by atoms with Gasteiger partial charge >= 0.3 is 11.9 Å². The average molecular weight is 458 g/mol. The summed E-state index contributed by atoms with van der Waals surface area (Å²) in [6.45, 7) is 0.669. The number of aliphatic carboxylic acids is 1. The number of benzene rings is 1. The van der Waals surface area contributed by atoms with E-state index in [0.717, 1.165) is 30.7 Å². The highest BCUT2D eigenvalue weighted by Gasteiger charge is 2.39. The Balaban J connectivity index is 1.93. The van der Waals surface area contributed by atoms with Crippen LogP contribution in [0.3, 0.4) is 0 Å². The van der Waals surface area contributed by atoms with E-state index < -0.39 is 18.0 Å². The first-order valence-corrected chi connectivity index (χ1v) is 11.2. The Bertz CT molecular complexity index is 774. The van der Waals surface area contributed by atoms with Gasteiger partial charge in [-0.05, 0) is 24.5 Å². The van der Waals surface area contributed by atoms with Crippen LogP contribution in [0.1, 0.15) is 43.2 Å². The molecule has 172 valence electrons. The van der Waals surface area contributed by atoms with Crippen molar-refractivity contribution in [1.29, 1.82) is 0 Å². The van der Waals surface area contributed by atoms with Crippen LogP contribution in [0.5, 0.6) is 0 Å². The van der Waals surface area contributed by atoms with Crippen molar-refractivity contribution in [2.24, 2.45) is 0 Å². The van der Waals surface area contributed by atoms with E-state index in [-0.39, 0.29) is 29.9 Å². The summed E-state index contributed by atoms with van der Waals surface area (Å²) in [5.41, 5.74) is 0.289. The van der Waals surface area contributed by atoms with Gasteiger partial charge in [0.05, 0.1) is 12.6 Å². The van der Waals surface area contributed by atoms with E-state index in [9.17, 15) is 23.5 Å². The molecule has 0 radical (unpaired) electrons. The minimum absolute atomic E-state index is 0.117. The van der Waals surface area contributed by atoms with Crippen molar-refractivity contribution >= 4 is 23.0 Å². The van der Waals surface area contributed by atoms with Gasteiger partial charge in [0.1, 0.15) is 6.10 Å². The number of amides is 1. The smallest absolute Gasteiger partial charge is 0.303 e. The van der Waals surface area contributed by atoms with E-state index in [1.807, 2.05) is 0 Å². The number of carboxylic acids is 1. The highest BCUT2D eigenvalue weighted by molar-refractivity contribution is 8.13. The first-order chi connectivity index (χ1) is 14.8. The Labute approximate surface area is 185 Å². The Morgan fingerprint density at radius 3 is 2.81 bits per heavy atom. The second kappa shape index (κ2) is 12.2. The molecule has 0 aliphatic carbocycles. The number of halogens is 2. The molecule has 1 saturated heterocycles. The zero-order valence-electron chi connectivity index (χ0n) is 17.5. The molecule has 1 fully saturated rings. The Kier molecular flexibility index (Phi) is 9.93. The van der Waals surface area contributed by atoms with Crippen LogP contribution >= 0.6 is 11.8 Å². The minimum atomic E-state index is -3.48. The van der Waals surface area contributed by atoms with E-state index in [1.165, 1.54) is 31.4 Å². The number of thioether (sulfide) groups is 1. The lowest BCUT2D eigenvalue weighted by Gasteiger charge is -2.24. The molecule has 1 aromatic rings. The molecule has 1 aliphatic rings. The van der Waals surface area contributed by atoms with Crippen molar-refractivity contribution in [3.63, 3.8) is 0 Å². The van der Waals surface area contributed by atoms with Crippen molar-refractivity contribution < 1.29 is 33.3 Å². The van der Waals surface area contributed by atoms with Crippen molar-refractivity contribution in [3.8, 4) is 0 Å². The predicted octanol–water partition coefficient (Wildman–Crippen LogP) is 4.41. The first kappa shape index (κ1) is 25.3. The molecule has 9 heteroatoms. The number of rotatable bonds is 13. The topological polar surface area (TPSA) is 87.1 Å². The highest BCUT2D eigenvalue weighted by atomic mass is 32.2. The van der Waals surface area contributed by atoms with Gasteiger partial charge in [-0.25, -0.2) is 0 Å². The lowest BCUT2D eigenvalue weighted by Crippen LogP contribution is -2.34. The number of aliphatic hydroxyl groups is 1. The van der Waals surface area contributed by atoms with Crippen LogP contribution in [-0.2, 0) is 22.1 Å². The van der Waals surface area contributed by atoms with Gasteiger partial charge in [0.25, 0.3) is 5.24 Å². The standard InChI is InChI=1S/C22H29F2NO5S/c1-30-14-16-7-6-8-17(13-16)22(23,24)19(26)11-10-18-15-31-21(29)25(18)12-5-3-2-4-9-20(27)28/h6-8,10-11,13,18-19,26H,2-5,9,12,14-15H2,1H3,(H,27,28)/b11-10+. The molecule has 31 heavy (non-hydrogen) atoms. The zero-order chi connectivity index (χ0) is 22.9. The van der Waals surface area contributed by atoms with Gasteiger partial charge in [0, 0.05) is 31.4 Å². The molecule has 1 aliphatic heterocycles. The molecule has 1 aromatic carbocycles. The fourth-order valence-electron chi connectivity index (χ4n) is 3.35.